The number of nitrogens with one attached hydrogen (secondary N) is 1. The molecule has 0 aliphatic heterocycles. The van der Waals surface area contributed by atoms with Crippen molar-refractivity contribution in [1.82, 2.24) is 0 Å². The summed E-state index contributed by atoms with van der Waals surface area (Å²) < 4.78 is 6.09. The highest BCUT2D eigenvalue weighted by molar-refractivity contribution is 9.10. The number of rotatable bonds is 4. The van der Waals surface area contributed by atoms with Crippen molar-refractivity contribution < 1.29 is 9.66 Å². The van der Waals surface area contributed by atoms with E-state index in [4.69, 9.17) is 10.00 Å². The smallest absolute Gasteiger partial charge is 0.287 e. The maximum atomic E-state index is 10.8. The third-order valence-electron chi connectivity index (χ3n) is 2.75. The summed E-state index contributed by atoms with van der Waals surface area (Å²) in [6.07, 6.45) is 0. The zero-order valence-corrected chi connectivity index (χ0v) is 12.5. The van der Waals surface area contributed by atoms with Crippen LogP contribution >= 0.6 is 15.9 Å². The van der Waals surface area contributed by atoms with Crippen LogP contribution in [0.15, 0.2) is 40.9 Å². The van der Waals surface area contributed by atoms with E-state index < -0.39 is 4.92 Å². The molecule has 7 heteroatoms. The van der Waals surface area contributed by atoms with Crippen molar-refractivity contribution in [3.63, 3.8) is 0 Å². The molecule has 2 aromatic rings. The first kappa shape index (κ1) is 14.8. The Balaban J connectivity index is 2.39. The largest absolute Gasteiger partial charge is 0.495 e. The number of halogens is 1. The second kappa shape index (κ2) is 6.24. The summed E-state index contributed by atoms with van der Waals surface area (Å²) in [4.78, 5) is 10.2. The summed E-state index contributed by atoms with van der Waals surface area (Å²) in [5.74, 6) is 0.620. The van der Waals surface area contributed by atoms with Gasteiger partial charge in [-0.1, -0.05) is 15.9 Å². The lowest BCUT2D eigenvalue weighted by Crippen LogP contribution is -1.97. The maximum absolute atomic E-state index is 10.8. The summed E-state index contributed by atoms with van der Waals surface area (Å²) in [6, 6.07) is 11.5. The fraction of sp³-hybridized carbons (Fsp3) is 0.0714. The topological polar surface area (TPSA) is 88.2 Å². The van der Waals surface area contributed by atoms with E-state index in [-0.39, 0.29) is 11.3 Å². The summed E-state index contributed by atoms with van der Waals surface area (Å²) in [5.41, 5.74) is 1.03. The van der Waals surface area contributed by atoms with E-state index in [9.17, 15) is 10.1 Å². The maximum Gasteiger partial charge on any atom is 0.287 e. The molecular weight excluding hydrogens is 338 g/mol. The fourth-order valence-corrected chi connectivity index (χ4v) is 2.16. The van der Waals surface area contributed by atoms with Crippen LogP contribution in [-0.4, -0.2) is 12.0 Å². The Labute approximate surface area is 129 Å². The van der Waals surface area contributed by atoms with Crippen molar-refractivity contribution in [2.24, 2.45) is 0 Å². The number of ether oxygens (including phenoxy) is 1. The molecule has 0 saturated carbocycles. The van der Waals surface area contributed by atoms with Gasteiger partial charge in [0.15, 0.2) is 0 Å². The summed E-state index contributed by atoms with van der Waals surface area (Å²) in [5, 5.41) is 22.9. The number of methoxy groups -OCH3 is 1. The first-order chi connectivity index (χ1) is 10.0. The molecule has 0 aromatic heterocycles. The molecule has 21 heavy (non-hydrogen) atoms. The van der Waals surface area contributed by atoms with Gasteiger partial charge in [0.25, 0.3) is 5.69 Å². The van der Waals surface area contributed by atoms with Crippen molar-refractivity contribution in [1.29, 1.82) is 5.26 Å². The minimum atomic E-state index is -0.581. The van der Waals surface area contributed by atoms with Crippen molar-refractivity contribution >= 4 is 33.0 Å². The van der Waals surface area contributed by atoms with Crippen LogP contribution in [0.4, 0.5) is 17.1 Å². The molecule has 0 radical (unpaired) electrons. The lowest BCUT2D eigenvalue weighted by atomic mass is 10.1. The number of nitro groups is 1. The van der Waals surface area contributed by atoms with E-state index in [1.54, 1.807) is 19.2 Å². The van der Waals surface area contributed by atoms with Gasteiger partial charge in [-0.15, -0.1) is 0 Å². The highest BCUT2D eigenvalue weighted by atomic mass is 79.9. The van der Waals surface area contributed by atoms with Crippen LogP contribution in [0.1, 0.15) is 5.56 Å². The molecule has 106 valence electrons. The molecule has 0 aliphatic carbocycles. The number of hydrogen-bond acceptors (Lipinski definition) is 5. The van der Waals surface area contributed by atoms with Crippen LogP contribution in [0.25, 0.3) is 0 Å². The molecule has 0 amide bonds. The number of anilines is 2. The minimum Gasteiger partial charge on any atom is -0.495 e. The Morgan fingerprint density at radius 1 is 1.33 bits per heavy atom. The molecule has 0 aliphatic rings. The van der Waals surface area contributed by atoms with Crippen molar-refractivity contribution in [2.45, 2.75) is 0 Å². The number of benzene rings is 2. The summed E-state index contributed by atoms with van der Waals surface area (Å²) >= 11 is 3.36. The van der Waals surface area contributed by atoms with Crippen molar-refractivity contribution in [2.75, 3.05) is 12.4 Å². The average Bonchev–Trinajstić information content (AvgIpc) is 2.47. The van der Waals surface area contributed by atoms with E-state index >= 15 is 0 Å². The molecule has 1 N–H and O–H groups in total. The number of nitriles is 1. The number of nitro benzene ring substituents is 1. The lowest BCUT2D eigenvalue weighted by molar-refractivity contribution is -0.385. The van der Waals surface area contributed by atoms with Crippen LogP contribution in [0.2, 0.25) is 0 Å². The van der Waals surface area contributed by atoms with Gasteiger partial charge in [0.2, 0.25) is 0 Å². The first-order valence-electron chi connectivity index (χ1n) is 5.84. The van der Waals surface area contributed by atoms with Gasteiger partial charge in [0.05, 0.1) is 17.7 Å². The molecule has 0 saturated heterocycles. The molecular formula is C14H10BrN3O3. The Morgan fingerprint density at radius 3 is 2.71 bits per heavy atom. The van der Waals surface area contributed by atoms with Crippen LogP contribution in [-0.2, 0) is 0 Å². The normalized spacial score (nSPS) is 9.76. The minimum absolute atomic E-state index is 0.000960. The molecule has 6 nitrogen and oxygen atoms in total. The van der Waals surface area contributed by atoms with Gasteiger partial charge >= 0.3 is 0 Å². The standard InChI is InChI=1S/C14H10BrN3O3/c1-21-14-5-2-10(15)7-12(14)17-11-3-4-13(18(19)20)9(6-11)8-16/h2-7,17H,1H3. The van der Waals surface area contributed by atoms with Crippen molar-refractivity contribution in [3.05, 3.63) is 56.5 Å². The second-order valence-corrected chi connectivity index (χ2v) is 4.99. The highest BCUT2D eigenvalue weighted by Crippen LogP contribution is 2.32. The first-order valence-corrected chi connectivity index (χ1v) is 6.63. The third-order valence-corrected chi connectivity index (χ3v) is 3.25. The van der Waals surface area contributed by atoms with Crippen LogP contribution in [0, 0.1) is 21.4 Å². The predicted molar refractivity (Wildman–Crippen MR) is 81.8 cm³/mol. The molecule has 0 bridgehead atoms. The zero-order valence-electron chi connectivity index (χ0n) is 11.0. The quantitative estimate of drug-likeness (QED) is 0.667. The Bertz CT molecular complexity index is 741. The second-order valence-electron chi connectivity index (χ2n) is 4.07. The summed E-state index contributed by atoms with van der Waals surface area (Å²) in [6.45, 7) is 0. The average molecular weight is 348 g/mol. The van der Waals surface area contributed by atoms with Gasteiger partial charge in [-0.3, -0.25) is 10.1 Å². The molecule has 2 rings (SSSR count). The van der Waals surface area contributed by atoms with Gasteiger partial charge in [0, 0.05) is 16.2 Å². The van der Waals surface area contributed by atoms with Crippen molar-refractivity contribution in [3.8, 4) is 11.8 Å². The Kier molecular flexibility index (Phi) is 4.40. The fourth-order valence-electron chi connectivity index (χ4n) is 1.80. The lowest BCUT2D eigenvalue weighted by Gasteiger charge is -2.11. The van der Waals surface area contributed by atoms with Crippen LogP contribution in [0.3, 0.4) is 0 Å². The van der Waals surface area contributed by atoms with Gasteiger partial charge in [-0.2, -0.15) is 5.26 Å². The third kappa shape index (κ3) is 3.30. The van der Waals surface area contributed by atoms with Gasteiger partial charge in [-0.05, 0) is 30.3 Å². The molecule has 0 unspecified atom stereocenters. The van der Waals surface area contributed by atoms with Gasteiger partial charge < -0.3 is 10.1 Å². The summed E-state index contributed by atoms with van der Waals surface area (Å²) in [7, 11) is 1.55. The SMILES string of the molecule is COc1ccc(Br)cc1Nc1ccc([N+](=O)[O-])c(C#N)c1. The highest BCUT2D eigenvalue weighted by Gasteiger charge is 2.14. The zero-order chi connectivity index (χ0) is 15.4. The monoisotopic (exact) mass is 347 g/mol. The Hall–Kier alpha value is -2.59. The molecule has 0 spiro atoms. The van der Waals surface area contributed by atoms with Gasteiger partial charge in [-0.25, -0.2) is 0 Å². The number of nitrogens with zero attached hydrogens (tertiary/aromatic N) is 2. The van der Waals surface area contributed by atoms with E-state index in [0.29, 0.717) is 17.1 Å². The molecule has 0 heterocycles. The van der Waals surface area contributed by atoms with Gasteiger partial charge in [0.1, 0.15) is 17.4 Å². The number of hydrogen-bond donors (Lipinski definition) is 1. The molecule has 0 fully saturated rings. The predicted octanol–water partition coefficient (Wildman–Crippen LogP) is 3.98. The van der Waals surface area contributed by atoms with E-state index in [2.05, 4.69) is 21.2 Å². The van der Waals surface area contributed by atoms with Crippen LogP contribution in [0.5, 0.6) is 5.75 Å². The molecule has 0 atom stereocenters. The van der Waals surface area contributed by atoms with E-state index in [0.717, 1.165) is 4.47 Å². The Morgan fingerprint density at radius 2 is 2.10 bits per heavy atom. The van der Waals surface area contributed by atoms with E-state index in [1.807, 2.05) is 18.2 Å². The molecule has 2 aromatic carbocycles. The van der Waals surface area contributed by atoms with Crippen LogP contribution < -0.4 is 10.1 Å². The van der Waals surface area contributed by atoms with E-state index in [1.165, 1.54) is 12.1 Å².